The number of halogens is 2. The third-order valence-corrected chi connectivity index (χ3v) is 4.21. The summed E-state index contributed by atoms with van der Waals surface area (Å²) in [7, 11) is 0. The Balaban J connectivity index is 2.46. The van der Waals surface area contributed by atoms with E-state index in [0.29, 0.717) is 17.4 Å². The lowest BCUT2D eigenvalue weighted by atomic mass is 10.3. The van der Waals surface area contributed by atoms with Gasteiger partial charge in [-0.25, -0.2) is 9.37 Å². The minimum Gasteiger partial charge on any atom is -0.323 e. The monoisotopic (exact) mass is 286 g/mol. The van der Waals surface area contributed by atoms with Crippen LogP contribution in [0.1, 0.15) is 25.7 Å². The number of nitrogens with zero attached hydrogens (tertiary/aromatic N) is 2. The van der Waals surface area contributed by atoms with Crippen molar-refractivity contribution in [3.63, 3.8) is 0 Å². The Bertz CT molecular complexity index is 541. The van der Waals surface area contributed by atoms with Crippen LogP contribution in [0, 0.1) is 5.82 Å². The maximum absolute atomic E-state index is 13.2. The van der Waals surface area contributed by atoms with E-state index in [2.05, 4.69) is 23.4 Å². The lowest BCUT2D eigenvalue weighted by Gasteiger charge is -2.16. The fraction of sp³-hybridized carbons (Fsp3) is 0.462. The molecular weight excluding hydrogens is 271 g/mol. The Morgan fingerprint density at radius 2 is 2.28 bits per heavy atom. The molecule has 0 amide bonds. The first-order valence-electron chi connectivity index (χ1n) is 5.97. The molecule has 1 aromatic heterocycles. The van der Waals surface area contributed by atoms with Gasteiger partial charge in [0.15, 0.2) is 0 Å². The number of fused-ring (bicyclic) bond motifs is 1. The molecule has 18 heavy (non-hydrogen) atoms. The molecule has 1 heterocycles. The molecule has 1 aromatic carbocycles. The lowest BCUT2D eigenvalue weighted by molar-refractivity contribution is 0.605. The molecule has 0 saturated heterocycles. The molecule has 2 aromatic rings. The summed E-state index contributed by atoms with van der Waals surface area (Å²) in [5.74, 6) is 2.98. The van der Waals surface area contributed by atoms with Gasteiger partial charge in [0, 0.05) is 17.9 Å². The summed E-state index contributed by atoms with van der Waals surface area (Å²) in [5.41, 5.74) is 1.63. The van der Waals surface area contributed by atoms with Crippen molar-refractivity contribution in [3.05, 3.63) is 29.8 Å². The van der Waals surface area contributed by atoms with E-state index >= 15 is 0 Å². The van der Waals surface area contributed by atoms with Gasteiger partial charge in [-0.05, 0) is 24.8 Å². The molecule has 0 fully saturated rings. The number of hydrogen-bond donors (Lipinski definition) is 0. The molecular formula is C13H16ClFN2S. The predicted molar refractivity (Wildman–Crippen MR) is 77.0 cm³/mol. The van der Waals surface area contributed by atoms with Crippen LogP contribution in [0.25, 0.3) is 11.0 Å². The molecule has 0 aliphatic heterocycles. The molecule has 98 valence electrons. The average Bonchev–Trinajstić information content (AvgIpc) is 2.73. The number of alkyl halides is 1. The van der Waals surface area contributed by atoms with Crippen LogP contribution >= 0.6 is 23.4 Å². The molecule has 0 N–H and O–H groups in total. The van der Waals surface area contributed by atoms with Crippen molar-refractivity contribution in [1.29, 1.82) is 0 Å². The molecule has 0 aliphatic rings. The third kappa shape index (κ3) is 2.64. The lowest BCUT2D eigenvalue weighted by Crippen LogP contribution is -2.11. The first kappa shape index (κ1) is 13.7. The topological polar surface area (TPSA) is 17.8 Å². The highest BCUT2D eigenvalue weighted by Gasteiger charge is 2.15. The van der Waals surface area contributed by atoms with Crippen LogP contribution in [0.2, 0.25) is 0 Å². The number of rotatable bonds is 5. The Morgan fingerprint density at radius 3 is 2.94 bits per heavy atom. The summed E-state index contributed by atoms with van der Waals surface area (Å²) in [6.07, 6.45) is 0. The highest BCUT2D eigenvalue weighted by atomic mass is 35.5. The van der Waals surface area contributed by atoms with Crippen molar-refractivity contribution in [3.8, 4) is 0 Å². The highest BCUT2D eigenvalue weighted by Crippen LogP contribution is 2.25. The van der Waals surface area contributed by atoms with Crippen LogP contribution in [-0.2, 0) is 5.88 Å². The van der Waals surface area contributed by atoms with Crippen LogP contribution in [0.5, 0.6) is 0 Å². The molecule has 0 saturated carbocycles. The maximum Gasteiger partial charge on any atom is 0.125 e. The molecule has 0 aliphatic carbocycles. The molecule has 0 spiro atoms. The normalized spacial score (nSPS) is 13.1. The number of hydrogen-bond acceptors (Lipinski definition) is 2. The van der Waals surface area contributed by atoms with Crippen LogP contribution in [0.15, 0.2) is 18.2 Å². The fourth-order valence-electron chi connectivity index (χ4n) is 2.07. The van der Waals surface area contributed by atoms with E-state index in [1.807, 2.05) is 11.8 Å². The Kier molecular flexibility index (Phi) is 4.51. The maximum atomic E-state index is 13.2. The summed E-state index contributed by atoms with van der Waals surface area (Å²) < 4.78 is 15.3. The van der Waals surface area contributed by atoms with Crippen LogP contribution < -0.4 is 0 Å². The van der Waals surface area contributed by atoms with E-state index in [-0.39, 0.29) is 5.82 Å². The van der Waals surface area contributed by atoms with Crippen LogP contribution in [-0.4, -0.2) is 21.1 Å². The van der Waals surface area contributed by atoms with Crippen molar-refractivity contribution in [2.75, 3.05) is 11.5 Å². The molecule has 5 heteroatoms. The first-order chi connectivity index (χ1) is 8.67. The fourth-order valence-corrected chi connectivity index (χ4v) is 2.99. The molecule has 2 rings (SSSR count). The minimum absolute atomic E-state index is 0.260. The van der Waals surface area contributed by atoms with Gasteiger partial charge in [0.1, 0.15) is 11.6 Å². The van der Waals surface area contributed by atoms with Gasteiger partial charge in [-0.3, -0.25) is 0 Å². The van der Waals surface area contributed by atoms with Gasteiger partial charge >= 0.3 is 0 Å². The zero-order chi connectivity index (χ0) is 13.1. The summed E-state index contributed by atoms with van der Waals surface area (Å²) in [6, 6.07) is 5.01. The van der Waals surface area contributed by atoms with E-state index < -0.39 is 0 Å². The number of thioether (sulfide) groups is 1. The summed E-state index contributed by atoms with van der Waals surface area (Å²) in [6.45, 7) is 4.28. The van der Waals surface area contributed by atoms with Gasteiger partial charge in [-0.15, -0.1) is 11.6 Å². The van der Waals surface area contributed by atoms with Crippen LogP contribution in [0.3, 0.4) is 0 Å². The first-order valence-corrected chi connectivity index (χ1v) is 7.66. The largest absolute Gasteiger partial charge is 0.323 e. The Labute approximate surface area is 116 Å². The van der Waals surface area contributed by atoms with Gasteiger partial charge in [-0.2, -0.15) is 11.8 Å². The highest BCUT2D eigenvalue weighted by molar-refractivity contribution is 7.99. The van der Waals surface area contributed by atoms with Gasteiger partial charge in [0.2, 0.25) is 0 Å². The predicted octanol–water partition coefficient (Wildman–Crippen LogP) is 4.23. The van der Waals surface area contributed by atoms with E-state index in [1.54, 1.807) is 6.07 Å². The second-order valence-corrected chi connectivity index (χ2v) is 5.76. The van der Waals surface area contributed by atoms with E-state index in [9.17, 15) is 4.39 Å². The van der Waals surface area contributed by atoms with Crippen molar-refractivity contribution in [2.24, 2.45) is 0 Å². The second kappa shape index (κ2) is 5.93. The third-order valence-electron chi connectivity index (χ3n) is 2.85. The SMILES string of the molecule is CCSCC(C)n1c(CCl)nc2cc(F)ccc21. The van der Waals surface area contributed by atoms with Crippen molar-refractivity contribution >= 4 is 34.4 Å². The summed E-state index contributed by atoms with van der Waals surface area (Å²) in [5, 5.41) is 0. The van der Waals surface area contributed by atoms with Crippen molar-refractivity contribution in [2.45, 2.75) is 25.8 Å². The molecule has 0 radical (unpaired) electrons. The standard InChI is InChI=1S/C13H16ClFN2S/c1-3-18-8-9(2)17-12-5-4-10(15)6-11(12)16-13(17)7-14/h4-6,9H,3,7-8H2,1-2H3. The second-order valence-electron chi connectivity index (χ2n) is 4.17. The van der Waals surface area contributed by atoms with E-state index in [1.165, 1.54) is 12.1 Å². The van der Waals surface area contributed by atoms with Crippen molar-refractivity contribution < 1.29 is 4.39 Å². The minimum atomic E-state index is -0.260. The van der Waals surface area contributed by atoms with Gasteiger partial charge in [0.05, 0.1) is 16.9 Å². The molecule has 1 unspecified atom stereocenters. The smallest absolute Gasteiger partial charge is 0.125 e. The number of imidazole rings is 1. The van der Waals surface area contributed by atoms with E-state index in [4.69, 9.17) is 11.6 Å². The molecule has 1 atom stereocenters. The summed E-state index contributed by atoms with van der Waals surface area (Å²) >= 11 is 7.82. The summed E-state index contributed by atoms with van der Waals surface area (Å²) in [4.78, 5) is 4.40. The van der Waals surface area contributed by atoms with Gasteiger partial charge < -0.3 is 4.57 Å². The number of aromatic nitrogens is 2. The molecule has 0 bridgehead atoms. The Hall–Kier alpha value is -0.740. The van der Waals surface area contributed by atoms with E-state index in [0.717, 1.165) is 22.8 Å². The van der Waals surface area contributed by atoms with Gasteiger partial charge in [-0.1, -0.05) is 6.92 Å². The van der Waals surface area contributed by atoms with Crippen molar-refractivity contribution in [1.82, 2.24) is 9.55 Å². The zero-order valence-electron chi connectivity index (χ0n) is 10.5. The quantitative estimate of drug-likeness (QED) is 0.766. The average molecular weight is 287 g/mol. The molecule has 2 nitrogen and oxygen atoms in total. The van der Waals surface area contributed by atoms with Crippen LogP contribution in [0.4, 0.5) is 4.39 Å². The van der Waals surface area contributed by atoms with Gasteiger partial charge in [0.25, 0.3) is 0 Å². The zero-order valence-corrected chi connectivity index (χ0v) is 12.1. The number of benzene rings is 1. The Morgan fingerprint density at radius 1 is 1.50 bits per heavy atom.